The number of hydrogen-bond acceptors (Lipinski definition) is 6. The normalized spacial score (nSPS) is 10.9. The Kier molecular flexibility index (Phi) is 6.65. The third kappa shape index (κ3) is 5.12. The van der Waals surface area contributed by atoms with E-state index in [4.69, 9.17) is 4.74 Å². The Hall–Kier alpha value is -2.73. The quantitative estimate of drug-likeness (QED) is 0.483. The van der Waals surface area contributed by atoms with E-state index in [9.17, 15) is 9.59 Å². The second-order valence-corrected chi connectivity index (χ2v) is 5.89. The van der Waals surface area contributed by atoms with Gasteiger partial charge >= 0.3 is 11.9 Å². The first-order valence-corrected chi connectivity index (χ1v) is 8.69. The third-order valence-corrected chi connectivity index (χ3v) is 4.18. The van der Waals surface area contributed by atoms with Gasteiger partial charge in [-0.25, -0.2) is 9.59 Å². The first-order valence-electron chi connectivity index (χ1n) is 7.47. The topological polar surface area (TPSA) is 64.6 Å². The Balaban J connectivity index is 2.28. The molecule has 0 bridgehead atoms. The predicted octanol–water partition coefficient (Wildman–Crippen LogP) is 3.72. The lowest BCUT2D eigenvalue weighted by molar-refractivity contribution is -0.138. The molecule has 0 radical (unpaired) electrons. The molecule has 25 heavy (non-hydrogen) atoms. The van der Waals surface area contributed by atoms with E-state index < -0.39 is 11.9 Å². The van der Waals surface area contributed by atoms with Crippen molar-refractivity contribution in [3.63, 3.8) is 0 Å². The highest BCUT2D eigenvalue weighted by Gasteiger charge is 2.13. The number of rotatable bonds is 6. The highest BCUT2D eigenvalue weighted by molar-refractivity contribution is 7.98. The monoisotopic (exact) mass is 357 g/mol. The van der Waals surface area contributed by atoms with E-state index in [2.05, 4.69) is 22.2 Å². The summed E-state index contributed by atoms with van der Waals surface area (Å²) in [6.45, 7) is 0. The summed E-state index contributed by atoms with van der Waals surface area (Å²) in [7, 11) is 2.49. The molecule has 0 saturated heterocycles. The summed E-state index contributed by atoms with van der Waals surface area (Å²) in [5.41, 5.74) is 2.70. The largest absolute Gasteiger partial charge is 0.466 e. The molecule has 5 nitrogen and oxygen atoms in total. The summed E-state index contributed by atoms with van der Waals surface area (Å²) >= 11 is 1.68. The fourth-order valence-electron chi connectivity index (χ4n) is 2.15. The molecule has 0 heterocycles. The predicted molar refractivity (Wildman–Crippen MR) is 99.4 cm³/mol. The molecule has 0 fully saturated rings. The van der Waals surface area contributed by atoms with Crippen LogP contribution in [0.15, 0.2) is 65.2 Å². The Morgan fingerprint density at radius 2 is 1.72 bits per heavy atom. The lowest BCUT2D eigenvalue weighted by atomic mass is 10.1. The maximum Gasteiger partial charge on any atom is 0.354 e. The molecule has 130 valence electrons. The van der Waals surface area contributed by atoms with Crippen LogP contribution in [0.3, 0.4) is 0 Å². The number of nitrogens with one attached hydrogen (secondary N) is 1. The second kappa shape index (κ2) is 8.94. The molecular weight excluding hydrogens is 338 g/mol. The zero-order valence-electron chi connectivity index (χ0n) is 14.2. The molecule has 1 N–H and O–H groups in total. The summed E-state index contributed by atoms with van der Waals surface area (Å²) in [4.78, 5) is 24.5. The van der Waals surface area contributed by atoms with Crippen LogP contribution in [0.4, 0.5) is 5.69 Å². The fourth-order valence-corrected chi connectivity index (χ4v) is 2.56. The third-order valence-electron chi connectivity index (χ3n) is 3.43. The summed E-state index contributed by atoms with van der Waals surface area (Å²) < 4.78 is 9.25. The van der Waals surface area contributed by atoms with Crippen LogP contribution < -0.4 is 5.32 Å². The number of ether oxygens (including phenoxy) is 2. The van der Waals surface area contributed by atoms with Gasteiger partial charge < -0.3 is 14.8 Å². The first-order chi connectivity index (χ1) is 12.1. The molecule has 0 aliphatic rings. The minimum atomic E-state index is -0.653. The Morgan fingerprint density at radius 3 is 2.32 bits per heavy atom. The van der Waals surface area contributed by atoms with Crippen molar-refractivity contribution in [1.82, 2.24) is 0 Å². The number of carbonyl (C=O) groups is 2. The van der Waals surface area contributed by atoms with Crippen molar-refractivity contribution >= 4 is 29.4 Å². The molecule has 2 aromatic carbocycles. The standard InChI is InChI=1S/C19H19NO4S/c1-23-18(21)12-17(19(22)24-2)20-15-6-4-5-14(11-15)13-7-9-16(25-3)10-8-13/h4-12,20H,1-3H3/b17-12+. The van der Waals surface area contributed by atoms with Crippen LogP contribution in [-0.2, 0) is 19.1 Å². The van der Waals surface area contributed by atoms with Gasteiger partial charge in [0.1, 0.15) is 5.70 Å². The summed E-state index contributed by atoms with van der Waals surface area (Å²) in [5, 5.41) is 2.91. The molecular formula is C19H19NO4S. The van der Waals surface area contributed by atoms with Crippen LogP contribution in [0.2, 0.25) is 0 Å². The average Bonchev–Trinajstić information content (AvgIpc) is 2.67. The van der Waals surface area contributed by atoms with Gasteiger partial charge in [0.05, 0.1) is 20.3 Å². The van der Waals surface area contributed by atoms with Gasteiger partial charge in [-0.1, -0.05) is 24.3 Å². The average molecular weight is 357 g/mol. The van der Waals surface area contributed by atoms with E-state index in [1.807, 2.05) is 36.6 Å². The lowest BCUT2D eigenvalue weighted by Crippen LogP contribution is -2.15. The van der Waals surface area contributed by atoms with Crippen LogP contribution >= 0.6 is 11.8 Å². The number of anilines is 1. The molecule has 0 aliphatic carbocycles. The molecule has 0 spiro atoms. The minimum Gasteiger partial charge on any atom is -0.466 e. The molecule has 0 atom stereocenters. The zero-order chi connectivity index (χ0) is 18.2. The Bertz CT molecular complexity index is 784. The van der Waals surface area contributed by atoms with Gasteiger partial charge in [0, 0.05) is 10.6 Å². The van der Waals surface area contributed by atoms with Crippen molar-refractivity contribution in [1.29, 1.82) is 0 Å². The maximum atomic E-state index is 11.8. The number of hydrogen-bond donors (Lipinski definition) is 1. The SMILES string of the molecule is COC(=O)/C=C(/Nc1cccc(-c2ccc(SC)cc2)c1)C(=O)OC. The van der Waals surface area contributed by atoms with Crippen molar-refractivity contribution in [2.45, 2.75) is 4.90 Å². The van der Waals surface area contributed by atoms with E-state index in [0.29, 0.717) is 5.69 Å². The van der Waals surface area contributed by atoms with Gasteiger partial charge in [0.25, 0.3) is 0 Å². The number of benzene rings is 2. The van der Waals surface area contributed by atoms with Crippen LogP contribution in [-0.4, -0.2) is 32.4 Å². The number of thioether (sulfide) groups is 1. The Labute approximate surface area is 151 Å². The Morgan fingerprint density at radius 1 is 1.00 bits per heavy atom. The highest BCUT2D eigenvalue weighted by atomic mass is 32.2. The van der Waals surface area contributed by atoms with E-state index in [1.54, 1.807) is 17.8 Å². The van der Waals surface area contributed by atoms with E-state index >= 15 is 0 Å². The molecule has 6 heteroatoms. The molecule has 0 saturated carbocycles. The van der Waals surface area contributed by atoms with E-state index in [0.717, 1.165) is 17.2 Å². The van der Waals surface area contributed by atoms with Crippen LogP contribution in [0.25, 0.3) is 11.1 Å². The van der Waals surface area contributed by atoms with Crippen molar-refractivity contribution in [2.75, 3.05) is 25.8 Å². The minimum absolute atomic E-state index is 0.00392. The summed E-state index contributed by atoms with van der Waals surface area (Å²) in [6.07, 6.45) is 3.09. The van der Waals surface area contributed by atoms with E-state index in [1.165, 1.54) is 19.1 Å². The molecule has 0 unspecified atom stereocenters. The van der Waals surface area contributed by atoms with Gasteiger partial charge in [-0.15, -0.1) is 11.8 Å². The van der Waals surface area contributed by atoms with Crippen molar-refractivity contribution in [2.24, 2.45) is 0 Å². The van der Waals surface area contributed by atoms with Gasteiger partial charge in [0.2, 0.25) is 0 Å². The summed E-state index contributed by atoms with van der Waals surface area (Å²) in [5.74, 6) is -1.29. The van der Waals surface area contributed by atoms with Crippen molar-refractivity contribution in [3.8, 4) is 11.1 Å². The van der Waals surface area contributed by atoms with Crippen LogP contribution in [0.1, 0.15) is 0 Å². The van der Waals surface area contributed by atoms with Gasteiger partial charge in [-0.05, 0) is 41.6 Å². The molecule has 0 aromatic heterocycles. The fraction of sp³-hybridized carbons (Fsp3) is 0.158. The molecule has 0 amide bonds. The molecule has 2 rings (SSSR count). The van der Waals surface area contributed by atoms with Gasteiger partial charge in [-0.2, -0.15) is 0 Å². The van der Waals surface area contributed by atoms with Crippen LogP contribution in [0, 0.1) is 0 Å². The zero-order valence-corrected chi connectivity index (χ0v) is 15.1. The van der Waals surface area contributed by atoms with Crippen molar-refractivity contribution < 1.29 is 19.1 Å². The second-order valence-electron chi connectivity index (χ2n) is 5.01. The van der Waals surface area contributed by atoms with E-state index in [-0.39, 0.29) is 5.70 Å². The smallest absolute Gasteiger partial charge is 0.354 e. The first kappa shape index (κ1) is 18.6. The lowest BCUT2D eigenvalue weighted by Gasteiger charge is -2.11. The van der Waals surface area contributed by atoms with Gasteiger partial charge in [-0.3, -0.25) is 0 Å². The molecule has 0 aliphatic heterocycles. The van der Waals surface area contributed by atoms with Gasteiger partial charge in [0.15, 0.2) is 0 Å². The molecule has 2 aromatic rings. The maximum absolute atomic E-state index is 11.8. The number of carbonyl (C=O) groups excluding carboxylic acids is 2. The van der Waals surface area contributed by atoms with Crippen molar-refractivity contribution in [3.05, 3.63) is 60.3 Å². The highest BCUT2D eigenvalue weighted by Crippen LogP contribution is 2.25. The number of methoxy groups -OCH3 is 2. The number of esters is 2. The summed E-state index contributed by atoms with van der Waals surface area (Å²) in [6, 6.07) is 15.7. The van der Waals surface area contributed by atoms with Crippen LogP contribution in [0.5, 0.6) is 0 Å².